The summed E-state index contributed by atoms with van der Waals surface area (Å²) in [7, 11) is -3.47. The topological polar surface area (TPSA) is 61.8 Å². The second-order valence-electron chi connectivity index (χ2n) is 3.79. The van der Waals surface area contributed by atoms with Crippen molar-refractivity contribution >= 4 is 16.0 Å². The predicted octanol–water partition coefficient (Wildman–Crippen LogP) is 0.353. The highest BCUT2D eigenvalue weighted by molar-refractivity contribution is 7.88. The number of rotatable bonds is 2. The van der Waals surface area contributed by atoms with Crippen molar-refractivity contribution in [3.05, 3.63) is 0 Å². The van der Waals surface area contributed by atoms with Crippen molar-refractivity contribution in [2.75, 3.05) is 13.1 Å². The minimum Gasteiger partial charge on any atom is -0.358 e. The standard InChI is InChI=1S/C8H17N3O2S/c1-5-11(6-2)7-8(3,4)10-14(12,13)9-7/h10H,5-6H2,1-4H3. The molecule has 0 bridgehead atoms. The second-order valence-corrected chi connectivity index (χ2v) is 5.13. The van der Waals surface area contributed by atoms with Crippen LogP contribution in [-0.4, -0.2) is 37.8 Å². The van der Waals surface area contributed by atoms with Crippen LogP contribution in [0.4, 0.5) is 0 Å². The van der Waals surface area contributed by atoms with E-state index in [1.165, 1.54) is 0 Å². The Balaban J connectivity index is 3.08. The largest absolute Gasteiger partial charge is 0.358 e. The molecule has 1 aliphatic rings. The number of hydrogen-bond donors (Lipinski definition) is 1. The third-order valence-electron chi connectivity index (χ3n) is 2.21. The zero-order chi connectivity index (χ0) is 11.0. The summed E-state index contributed by atoms with van der Waals surface area (Å²) >= 11 is 0. The van der Waals surface area contributed by atoms with Crippen LogP contribution in [0, 0.1) is 0 Å². The number of nitrogens with zero attached hydrogens (tertiary/aromatic N) is 2. The molecular weight excluding hydrogens is 202 g/mol. The SMILES string of the molecule is CCN(CC)C1=NS(=O)(=O)NC1(C)C. The summed E-state index contributed by atoms with van der Waals surface area (Å²) in [5.74, 6) is 0.600. The molecule has 0 aliphatic carbocycles. The minimum atomic E-state index is -3.47. The van der Waals surface area contributed by atoms with Crippen LogP contribution < -0.4 is 4.72 Å². The van der Waals surface area contributed by atoms with Gasteiger partial charge in [-0.1, -0.05) is 0 Å². The maximum absolute atomic E-state index is 11.3. The average Bonchev–Trinajstić information content (AvgIpc) is 2.22. The lowest BCUT2D eigenvalue weighted by Crippen LogP contribution is -2.50. The van der Waals surface area contributed by atoms with Gasteiger partial charge in [0, 0.05) is 13.1 Å². The van der Waals surface area contributed by atoms with E-state index in [9.17, 15) is 8.42 Å². The lowest BCUT2D eigenvalue weighted by atomic mass is 10.0. The Kier molecular flexibility index (Phi) is 2.87. The lowest BCUT2D eigenvalue weighted by molar-refractivity contribution is 0.424. The first kappa shape index (κ1) is 11.5. The molecule has 0 aromatic carbocycles. The number of likely N-dealkylation sites (N-methyl/N-ethyl adjacent to an activating group) is 1. The van der Waals surface area contributed by atoms with Gasteiger partial charge in [0.15, 0.2) is 0 Å². The van der Waals surface area contributed by atoms with Gasteiger partial charge in [-0.05, 0) is 27.7 Å². The Morgan fingerprint density at radius 1 is 1.36 bits per heavy atom. The van der Waals surface area contributed by atoms with Crippen LogP contribution in [0.3, 0.4) is 0 Å². The molecule has 0 amide bonds. The quantitative estimate of drug-likeness (QED) is 0.729. The summed E-state index contributed by atoms with van der Waals surface area (Å²) in [6, 6.07) is 0. The van der Waals surface area contributed by atoms with Gasteiger partial charge in [0.2, 0.25) is 0 Å². The van der Waals surface area contributed by atoms with Crippen molar-refractivity contribution in [2.45, 2.75) is 33.2 Å². The summed E-state index contributed by atoms with van der Waals surface area (Å²) in [6.07, 6.45) is 0. The summed E-state index contributed by atoms with van der Waals surface area (Å²) in [6.45, 7) is 9.11. The molecule has 1 aliphatic heterocycles. The van der Waals surface area contributed by atoms with Crippen LogP contribution in [0.15, 0.2) is 4.40 Å². The highest BCUT2D eigenvalue weighted by atomic mass is 32.2. The molecule has 82 valence electrons. The Hall–Kier alpha value is -0.620. The Bertz CT molecular complexity index is 342. The van der Waals surface area contributed by atoms with Crippen molar-refractivity contribution in [1.29, 1.82) is 0 Å². The molecule has 5 nitrogen and oxygen atoms in total. The third-order valence-corrected chi connectivity index (χ3v) is 3.39. The van der Waals surface area contributed by atoms with E-state index >= 15 is 0 Å². The second kappa shape index (κ2) is 3.51. The van der Waals surface area contributed by atoms with Crippen LogP contribution in [0.1, 0.15) is 27.7 Å². The number of nitrogens with one attached hydrogen (secondary N) is 1. The first-order valence-corrected chi connectivity index (χ1v) is 6.15. The number of hydrogen-bond acceptors (Lipinski definition) is 3. The van der Waals surface area contributed by atoms with Crippen LogP contribution in [0.25, 0.3) is 0 Å². The van der Waals surface area contributed by atoms with Gasteiger partial charge in [-0.3, -0.25) is 0 Å². The van der Waals surface area contributed by atoms with Gasteiger partial charge in [0.05, 0.1) is 5.54 Å². The van der Waals surface area contributed by atoms with Crippen LogP contribution in [0.2, 0.25) is 0 Å². The fourth-order valence-corrected chi connectivity index (χ4v) is 2.95. The molecule has 0 saturated carbocycles. The van der Waals surface area contributed by atoms with E-state index in [-0.39, 0.29) is 0 Å². The summed E-state index contributed by atoms with van der Waals surface area (Å²) < 4.78 is 28.7. The Morgan fingerprint density at radius 3 is 2.14 bits per heavy atom. The van der Waals surface area contributed by atoms with Gasteiger partial charge in [0.25, 0.3) is 0 Å². The monoisotopic (exact) mass is 219 g/mol. The molecule has 0 saturated heterocycles. The zero-order valence-corrected chi connectivity index (χ0v) is 9.85. The molecule has 0 aromatic heterocycles. The molecule has 1 N–H and O–H groups in total. The molecule has 1 rings (SSSR count). The van der Waals surface area contributed by atoms with Crippen molar-refractivity contribution < 1.29 is 8.42 Å². The molecular formula is C8H17N3O2S. The van der Waals surface area contributed by atoms with Crippen molar-refractivity contribution in [3.63, 3.8) is 0 Å². The van der Waals surface area contributed by atoms with E-state index in [1.807, 2.05) is 32.6 Å². The van der Waals surface area contributed by atoms with Gasteiger partial charge in [-0.2, -0.15) is 13.1 Å². The summed E-state index contributed by atoms with van der Waals surface area (Å²) in [5.41, 5.74) is -0.592. The predicted molar refractivity (Wildman–Crippen MR) is 56.5 cm³/mol. The first-order chi connectivity index (χ1) is 6.32. The fourth-order valence-electron chi connectivity index (χ4n) is 1.60. The van der Waals surface area contributed by atoms with Crippen molar-refractivity contribution in [2.24, 2.45) is 4.40 Å². The van der Waals surface area contributed by atoms with Crippen LogP contribution in [0.5, 0.6) is 0 Å². The average molecular weight is 219 g/mol. The third kappa shape index (κ3) is 2.06. The maximum Gasteiger partial charge on any atom is 0.322 e. The van der Waals surface area contributed by atoms with Crippen molar-refractivity contribution in [1.82, 2.24) is 9.62 Å². The fraction of sp³-hybridized carbons (Fsp3) is 0.875. The smallest absolute Gasteiger partial charge is 0.322 e. The molecule has 0 aromatic rings. The molecule has 0 atom stereocenters. The zero-order valence-electron chi connectivity index (χ0n) is 9.03. The van der Waals surface area contributed by atoms with Gasteiger partial charge in [0.1, 0.15) is 5.84 Å². The van der Waals surface area contributed by atoms with E-state index in [0.29, 0.717) is 5.84 Å². The van der Waals surface area contributed by atoms with Crippen LogP contribution >= 0.6 is 0 Å². The normalized spacial score (nSPS) is 23.3. The van der Waals surface area contributed by atoms with E-state index in [0.717, 1.165) is 13.1 Å². The van der Waals surface area contributed by atoms with E-state index in [4.69, 9.17) is 0 Å². The molecule has 14 heavy (non-hydrogen) atoms. The summed E-state index contributed by atoms with van der Waals surface area (Å²) in [4.78, 5) is 1.94. The maximum atomic E-state index is 11.3. The van der Waals surface area contributed by atoms with E-state index < -0.39 is 15.7 Å². The Labute approximate surface area is 85.4 Å². The highest BCUT2D eigenvalue weighted by Crippen LogP contribution is 2.19. The molecule has 0 radical (unpaired) electrons. The first-order valence-electron chi connectivity index (χ1n) is 4.71. The summed E-state index contributed by atoms with van der Waals surface area (Å²) in [5, 5.41) is 0. The highest BCUT2D eigenvalue weighted by Gasteiger charge is 2.39. The number of amidine groups is 1. The van der Waals surface area contributed by atoms with E-state index in [2.05, 4.69) is 9.12 Å². The van der Waals surface area contributed by atoms with Gasteiger partial charge in [-0.15, -0.1) is 4.40 Å². The molecule has 0 fully saturated rings. The van der Waals surface area contributed by atoms with Gasteiger partial charge >= 0.3 is 10.2 Å². The molecule has 6 heteroatoms. The van der Waals surface area contributed by atoms with Crippen LogP contribution in [-0.2, 0) is 10.2 Å². The van der Waals surface area contributed by atoms with Gasteiger partial charge in [-0.25, -0.2) is 0 Å². The minimum absolute atomic E-state index is 0.592. The Morgan fingerprint density at radius 2 is 1.86 bits per heavy atom. The van der Waals surface area contributed by atoms with E-state index in [1.54, 1.807) is 0 Å². The van der Waals surface area contributed by atoms with Gasteiger partial charge < -0.3 is 4.90 Å². The molecule has 1 heterocycles. The molecule has 0 spiro atoms. The van der Waals surface area contributed by atoms with Crippen molar-refractivity contribution in [3.8, 4) is 0 Å². The lowest BCUT2D eigenvalue weighted by Gasteiger charge is -2.28. The molecule has 0 unspecified atom stereocenters.